The molecule has 1 aliphatic heterocycles. The van der Waals surface area contributed by atoms with Gasteiger partial charge in [-0.3, -0.25) is 4.79 Å². The lowest BCUT2D eigenvalue weighted by Gasteiger charge is -2.10. The van der Waals surface area contributed by atoms with Crippen LogP contribution in [0.15, 0.2) is 95.6 Å². The van der Waals surface area contributed by atoms with E-state index in [1.165, 1.54) is 5.01 Å². The molecule has 0 saturated heterocycles. The van der Waals surface area contributed by atoms with Gasteiger partial charge in [-0.2, -0.15) is 10.1 Å². The lowest BCUT2D eigenvalue weighted by Crippen LogP contribution is -2.21. The normalized spacial score (nSPS) is 15.1. The Balaban J connectivity index is 1.82. The molecule has 0 fully saturated rings. The fourth-order valence-electron chi connectivity index (χ4n) is 3.00. The molecule has 4 heteroatoms. The molecule has 0 saturated carbocycles. The number of carbonyl (C=O) groups is 1. The summed E-state index contributed by atoms with van der Waals surface area (Å²) < 4.78 is 5.29. The summed E-state index contributed by atoms with van der Waals surface area (Å²) in [5.41, 5.74) is 3.74. The first kappa shape index (κ1) is 16.8. The Morgan fingerprint density at radius 1 is 0.889 bits per heavy atom. The fourth-order valence-corrected chi connectivity index (χ4v) is 3.00. The van der Waals surface area contributed by atoms with Crippen LogP contribution in [0.25, 0.3) is 6.08 Å². The molecular weight excluding hydrogens is 336 g/mol. The predicted octanol–water partition coefficient (Wildman–Crippen LogP) is 4.53. The molecule has 0 radical (unpaired) electrons. The van der Waals surface area contributed by atoms with Gasteiger partial charge in [0.2, 0.25) is 0 Å². The van der Waals surface area contributed by atoms with Crippen LogP contribution in [0.1, 0.15) is 11.1 Å². The second-order valence-electron chi connectivity index (χ2n) is 6.10. The van der Waals surface area contributed by atoms with Crippen LogP contribution < -0.4 is 9.75 Å². The average Bonchev–Trinajstić information content (AvgIpc) is 3.06. The number of anilines is 1. The van der Waals surface area contributed by atoms with E-state index in [1.807, 2.05) is 91.0 Å². The van der Waals surface area contributed by atoms with E-state index in [4.69, 9.17) is 4.74 Å². The van der Waals surface area contributed by atoms with Crippen molar-refractivity contribution in [3.63, 3.8) is 0 Å². The zero-order chi connectivity index (χ0) is 18.6. The van der Waals surface area contributed by atoms with E-state index < -0.39 is 0 Å². The molecule has 3 aromatic carbocycles. The van der Waals surface area contributed by atoms with Gasteiger partial charge in [-0.15, -0.1) is 0 Å². The van der Waals surface area contributed by atoms with Crippen LogP contribution in [-0.4, -0.2) is 18.7 Å². The van der Waals surface area contributed by atoms with Gasteiger partial charge in [0.1, 0.15) is 11.5 Å². The van der Waals surface area contributed by atoms with Gasteiger partial charge < -0.3 is 4.74 Å². The number of ether oxygens (including phenoxy) is 1. The highest BCUT2D eigenvalue weighted by Crippen LogP contribution is 2.28. The second kappa shape index (κ2) is 7.30. The highest BCUT2D eigenvalue weighted by Gasteiger charge is 2.31. The van der Waals surface area contributed by atoms with E-state index in [0.717, 1.165) is 22.6 Å². The summed E-state index contributed by atoms with van der Waals surface area (Å²) in [6, 6.07) is 26.8. The van der Waals surface area contributed by atoms with Crippen LogP contribution in [-0.2, 0) is 4.79 Å². The molecule has 4 nitrogen and oxygen atoms in total. The predicted molar refractivity (Wildman–Crippen MR) is 108 cm³/mol. The molecular formula is C23H18N2O2. The standard InChI is InChI=1S/C23H18N2O2/c1-27-20-14-8-9-17(15-20)16-21-22(18-10-4-2-5-11-18)24-25(23(21)26)19-12-6-3-7-13-19/h2-16H,1H3/b21-16-. The summed E-state index contributed by atoms with van der Waals surface area (Å²) in [5.74, 6) is 0.593. The van der Waals surface area contributed by atoms with Crippen molar-refractivity contribution in [3.8, 4) is 5.75 Å². The van der Waals surface area contributed by atoms with Crippen molar-refractivity contribution < 1.29 is 9.53 Å². The first-order chi connectivity index (χ1) is 13.3. The van der Waals surface area contributed by atoms with Crippen LogP contribution in [0.5, 0.6) is 5.75 Å². The Labute approximate surface area is 158 Å². The van der Waals surface area contributed by atoms with Gasteiger partial charge in [0.25, 0.3) is 5.91 Å². The molecule has 0 aliphatic carbocycles. The number of hydrogen-bond acceptors (Lipinski definition) is 3. The lowest BCUT2D eigenvalue weighted by atomic mass is 10.00. The van der Waals surface area contributed by atoms with Crippen molar-refractivity contribution in [2.24, 2.45) is 5.10 Å². The molecule has 132 valence electrons. The molecule has 1 heterocycles. The summed E-state index contributed by atoms with van der Waals surface area (Å²) in [6.45, 7) is 0. The summed E-state index contributed by atoms with van der Waals surface area (Å²) >= 11 is 0. The van der Waals surface area contributed by atoms with Crippen LogP contribution in [0.2, 0.25) is 0 Å². The number of hydrazone groups is 1. The molecule has 0 unspecified atom stereocenters. The quantitative estimate of drug-likeness (QED) is 0.646. The number of nitrogens with zero attached hydrogens (tertiary/aromatic N) is 2. The fraction of sp³-hybridized carbons (Fsp3) is 0.0435. The number of rotatable bonds is 4. The van der Waals surface area contributed by atoms with E-state index in [1.54, 1.807) is 7.11 Å². The minimum Gasteiger partial charge on any atom is -0.497 e. The maximum Gasteiger partial charge on any atom is 0.281 e. The van der Waals surface area contributed by atoms with Crippen molar-refractivity contribution in [2.75, 3.05) is 12.1 Å². The van der Waals surface area contributed by atoms with E-state index in [2.05, 4.69) is 5.10 Å². The van der Waals surface area contributed by atoms with E-state index >= 15 is 0 Å². The number of benzene rings is 3. The number of hydrogen-bond donors (Lipinski definition) is 0. The molecule has 0 aromatic heterocycles. The molecule has 3 aromatic rings. The van der Waals surface area contributed by atoms with Gasteiger partial charge in [0.15, 0.2) is 0 Å². The summed E-state index contributed by atoms with van der Waals surface area (Å²) in [5, 5.41) is 6.08. The molecule has 1 amide bonds. The topological polar surface area (TPSA) is 41.9 Å². The van der Waals surface area contributed by atoms with Gasteiger partial charge in [-0.1, -0.05) is 60.7 Å². The van der Waals surface area contributed by atoms with E-state index in [0.29, 0.717) is 11.3 Å². The zero-order valence-electron chi connectivity index (χ0n) is 14.9. The highest BCUT2D eigenvalue weighted by molar-refractivity contribution is 6.37. The minimum absolute atomic E-state index is 0.150. The van der Waals surface area contributed by atoms with Crippen molar-refractivity contribution in [1.29, 1.82) is 0 Å². The third kappa shape index (κ3) is 3.37. The minimum atomic E-state index is -0.150. The smallest absolute Gasteiger partial charge is 0.281 e. The molecule has 0 spiro atoms. The van der Waals surface area contributed by atoms with Crippen molar-refractivity contribution in [2.45, 2.75) is 0 Å². The van der Waals surface area contributed by atoms with Crippen LogP contribution in [0.3, 0.4) is 0 Å². The van der Waals surface area contributed by atoms with E-state index in [-0.39, 0.29) is 5.91 Å². The van der Waals surface area contributed by atoms with Crippen molar-refractivity contribution in [3.05, 3.63) is 102 Å². The van der Waals surface area contributed by atoms with Crippen LogP contribution >= 0.6 is 0 Å². The van der Waals surface area contributed by atoms with Crippen molar-refractivity contribution >= 4 is 23.4 Å². The SMILES string of the molecule is COc1cccc(/C=C2\C(=O)N(c3ccccc3)N=C2c2ccccc2)c1. The molecule has 0 N–H and O–H groups in total. The maximum atomic E-state index is 13.2. The summed E-state index contributed by atoms with van der Waals surface area (Å²) in [4.78, 5) is 13.2. The second-order valence-corrected chi connectivity index (χ2v) is 6.10. The molecule has 0 atom stereocenters. The largest absolute Gasteiger partial charge is 0.497 e. The molecule has 1 aliphatic rings. The number of carbonyl (C=O) groups excluding carboxylic acids is 1. The Hall–Kier alpha value is -3.66. The average molecular weight is 354 g/mol. The lowest BCUT2D eigenvalue weighted by molar-refractivity contribution is -0.114. The van der Waals surface area contributed by atoms with Gasteiger partial charge in [0.05, 0.1) is 18.4 Å². The van der Waals surface area contributed by atoms with Crippen molar-refractivity contribution in [1.82, 2.24) is 0 Å². The summed E-state index contributed by atoms with van der Waals surface area (Å²) in [7, 11) is 1.63. The number of para-hydroxylation sites is 1. The first-order valence-corrected chi connectivity index (χ1v) is 8.66. The highest BCUT2D eigenvalue weighted by atomic mass is 16.5. The van der Waals surface area contributed by atoms with Gasteiger partial charge in [-0.25, -0.2) is 0 Å². The number of amides is 1. The molecule has 0 bridgehead atoms. The Bertz CT molecular complexity index is 1020. The summed E-state index contributed by atoms with van der Waals surface area (Å²) in [6.07, 6.45) is 1.86. The Morgan fingerprint density at radius 3 is 2.30 bits per heavy atom. The third-order valence-electron chi connectivity index (χ3n) is 4.33. The van der Waals surface area contributed by atoms with Gasteiger partial charge in [0, 0.05) is 5.56 Å². The monoisotopic (exact) mass is 354 g/mol. The van der Waals surface area contributed by atoms with Crippen LogP contribution in [0.4, 0.5) is 5.69 Å². The zero-order valence-corrected chi connectivity index (χ0v) is 14.9. The number of methoxy groups -OCH3 is 1. The van der Waals surface area contributed by atoms with Crippen LogP contribution in [0, 0.1) is 0 Å². The molecule has 4 rings (SSSR count). The van der Waals surface area contributed by atoms with Gasteiger partial charge >= 0.3 is 0 Å². The maximum absolute atomic E-state index is 13.2. The first-order valence-electron chi connectivity index (χ1n) is 8.66. The van der Waals surface area contributed by atoms with E-state index in [9.17, 15) is 4.79 Å². The molecule has 27 heavy (non-hydrogen) atoms. The third-order valence-corrected chi connectivity index (χ3v) is 4.33. The Kier molecular flexibility index (Phi) is 4.54. The Morgan fingerprint density at radius 2 is 1.59 bits per heavy atom. The van der Waals surface area contributed by atoms with Gasteiger partial charge in [-0.05, 0) is 35.9 Å².